The van der Waals surface area contributed by atoms with Crippen LogP contribution in [0.15, 0.2) is 47.6 Å². The summed E-state index contributed by atoms with van der Waals surface area (Å²) in [6.45, 7) is -2.81. The molecule has 1 fully saturated rings. The number of hydrogen-bond donors (Lipinski definition) is 0. The molecule has 1 aromatic heterocycles. The zero-order valence-corrected chi connectivity index (χ0v) is 16.6. The van der Waals surface area contributed by atoms with E-state index in [-0.39, 0.29) is 43.1 Å². The van der Waals surface area contributed by atoms with Gasteiger partial charge in [-0.05, 0) is 24.3 Å². The number of rotatable bonds is 5. The van der Waals surface area contributed by atoms with Crippen LogP contribution in [0.1, 0.15) is 20.7 Å². The first-order valence-corrected chi connectivity index (χ1v) is 9.80. The van der Waals surface area contributed by atoms with E-state index < -0.39 is 40.7 Å². The third-order valence-electron chi connectivity index (χ3n) is 4.40. The standard InChI is InChI=1S/C19H16F5N3O3S/c20-18(21)30-14-6-2-1-4-12(14)16(28)26-8-10-27(11-9-26)17(29)13-5-3-7-25-15(13)31-19(22,23)24/h1-7,18H,8-11H2. The summed E-state index contributed by atoms with van der Waals surface area (Å²) < 4.78 is 67.7. The number of carbonyl (C=O) groups is 2. The fourth-order valence-electron chi connectivity index (χ4n) is 3.04. The van der Waals surface area contributed by atoms with E-state index in [2.05, 4.69) is 9.72 Å². The van der Waals surface area contributed by atoms with Crippen LogP contribution in [0, 0.1) is 0 Å². The summed E-state index contributed by atoms with van der Waals surface area (Å²) in [5.74, 6) is -1.43. The minimum absolute atomic E-state index is 0.0429. The maximum absolute atomic E-state index is 12.7. The lowest BCUT2D eigenvalue weighted by atomic mass is 10.1. The van der Waals surface area contributed by atoms with E-state index in [0.717, 1.165) is 0 Å². The van der Waals surface area contributed by atoms with Crippen molar-refractivity contribution in [2.45, 2.75) is 17.1 Å². The number of piperazine rings is 1. The van der Waals surface area contributed by atoms with E-state index in [4.69, 9.17) is 0 Å². The highest BCUT2D eigenvalue weighted by Crippen LogP contribution is 2.37. The Morgan fingerprint density at radius 3 is 2.06 bits per heavy atom. The van der Waals surface area contributed by atoms with E-state index in [1.807, 2.05) is 0 Å². The van der Waals surface area contributed by atoms with Crippen LogP contribution < -0.4 is 4.74 Å². The molecule has 0 aliphatic carbocycles. The number of para-hydroxylation sites is 1. The van der Waals surface area contributed by atoms with Crippen LogP contribution >= 0.6 is 11.8 Å². The molecule has 2 aromatic rings. The van der Waals surface area contributed by atoms with Crippen LogP contribution in [-0.4, -0.2) is 64.9 Å². The van der Waals surface area contributed by atoms with Gasteiger partial charge >= 0.3 is 12.1 Å². The van der Waals surface area contributed by atoms with Gasteiger partial charge in [0, 0.05) is 44.1 Å². The predicted molar refractivity (Wildman–Crippen MR) is 101 cm³/mol. The van der Waals surface area contributed by atoms with E-state index >= 15 is 0 Å². The highest BCUT2D eigenvalue weighted by atomic mass is 32.2. The second kappa shape index (κ2) is 9.50. The van der Waals surface area contributed by atoms with Gasteiger partial charge in [-0.2, -0.15) is 22.0 Å². The average molecular weight is 461 g/mol. The topological polar surface area (TPSA) is 62.7 Å². The largest absolute Gasteiger partial charge is 0.447 e. The Labute approximate surface area is 178 Å². The maximum atomic E-state index is 12.7. The van der Waals surface area contributed by atoms with Crippen molar-refractivity contribution in [1.29, 1.82) is 0 Å². The van der Waals surface area contributed by atoms with Crippen molar-refractivity contribution in [3.8, 4) is 5.75 Å². The number of ether oxygens (including phenoxy) is 1. The van der Waals surface area contributed by atoms with Crippen molar-refractivity contribution >= 4 is 23.6 Å². The molecule has 0 spiro atoms. The molecule has 12 heteroatoms. The fourth-order valence-corrected chi connectivity index (χ4v) is 3.64. The number of pyridine rings is 1. The maximum Gasteiger partial charge on any atom is 0.447 e. The molecule has 166 valence electrons. The van der Waals surface area contributed by atoms with Gasteiger partial charge in [0.1, 0.15) is 10.8 Å². The number of halogens is 5. The lowest BCUT2D eigenvalue weighted by Crippen LogP contribution is -2.50. The summed E-state index contributed by atoms with van der Waals surface area (Å²) in [5.41, 5.74) is -4.82. The molecule has 3 rings (SSSR count). The van der Waals surface area contributed by atoms with Crippen LogP contribution in [0.25, 0.3) is 0 Å². The van der Waals surface area contributed by atoms with Crippen LogP contribution in [-0.2, 0) is 0 Å². The number of amides is 2. The predicted octanol–water partition coefficient (Wildman–Crippen LogP) is 3.89. The van der Waals surface area contributed by atoms with Crippen LogP contribution in [0.4, 0.5) is 22.0 Å². The Morgan fingerprint density at radius 2 is 1.48 bits per heavy atom. The van der Waals surface area contributed by atoms with Gasteiger partial charge in [-0.1, -0.05) is 12.1 Å². The molecule has 1 saturated heterocycles. The first kappa shape index (κ1) is 22.8. The second-order valence-corrected chi connectivity index (χ2v) is 7.42. The summed E-state index contributed by atoms with van der Waals surface area (Å²) in [4.78, 5) is 31.8. The lowest BCUT2D eigenvalue weighted by molar-refractivity contribution is -0.0503. The van der Waals surface area contributed by atoms with Gasteiger partial charge in [-0.15, -0.1) is 0 Å². The van der Waals surface area contributed by atoms with Gasteiger partial charge in [0.25, 0.3) is 11.8 Å². The van der Waals surface area contributed by atoms with E-state index in [0.29, 0.717) is 0 Å². The molecule has 1 aromatic carbocycles. The monoisotopic (exact) mass is 461 g/mol. The molecule has 0 unspecified atom stereocenters. The first-order chi connectivity index (χ1) is 14.7. The fraction of sp³-hybridized carbons (Fsp3) is 0.316. The zero-order chi connectivity index (χ0) is 22.6. The Morgan fingerprint density at radius 1 is 0.935 bits per heavy atom. The molecule has 0 N–H and O–H groups in total. The molecule has 2 amide bonds. The van der Waals surface area contributed by atoms with Crippen molar-refractivity contribution < 1.29 is 36.3 Å². The third kappa shape index (κ3) is 5.84. The summed E-state index contributed by atoms with van der Waals surface area (Å²) in [5, 5.41) is -0.448. The molecule has 0 bridgehead atoms. The molecule has 0 atom stereocenters. The smallest absolute Gasteiger partial charge is 0.434 e. The van der Waals surface area contributed by atoms with E-state index in [1.165, 1.54) is 52.4 Å². The van der Waals surface area contributed by atoms with Gasteiger partial charge in [0.2, 0.25) is 0 Å². The molecular weight excluding hydrogens is 445 g/mol. The Bertz CT molecular complexity index is 949. The number of hydrogen-bond acceptors (Lipinski definition) is 5. The van der Waals surface area contributed by atoms with Crippen molar-refractivity contribution in [3.63, 3.8) is 0 Å². The van der Waals surface area contributed by atoms with Crippen molar-refractivity contribution in [2.75, 3.05) is 26.2 Å². The number of nitrogens with zero attached hydrogens (tertiary/aromatic N) is 3. The number of carbonyl (C=O) groups excluding carboxylic acids is 2. The normalized spacial score (nSPS) is 14.6. The summed E-state index contributed by atoms with van der Waals surface area (Å²) in [6.07, 6.45) is 1.17. The Balaban J connectivity index is 1.68. The average Bonchev–Trinajstić information content (AvgIpc) is 2.72. The minimum atomic E-state index is -4.60. The van der Waals surface area contributed by atoms with E-state index in [9.17, 15) is 31.5 Å². The lowest BCUT2D eigenvalue weighted by Gasteiger charge is -2.35. The van der Waals surface area contributed by atoms with Gasteiger partial charge in [-0.3, -0.25) is 9.59 Å². The van der Waals surface area contributed by atoms with Crippen molar-refractivity contribution in [3.05, 3.63) is 53.7 Å². The van der Waals surface area contributed by atoms with Crippen molar-refractivity contribution in [2.24, 2.45) is 0 Å². The van der Waals surface area contributed by atoms with E-state index in [1.54, 1.807) is 0 Å². The molecule has 1 aliphatic rings. The Hall–Kier alpha value is -2.89. The van der Waals surface area contributed by atoms with Crippen LogP contribution in [0.5, 0.6) is 5.75 Å². The molecule has 31 heavy (non-hydrogen) atoms. The van der Waals surface area contributed by atoms with Crippen LogP contribution in [0.2, 0.25) is 0 Å². The highest BCUT2D eigenvalue weighted by Gasteiger charge is 2.34. The van der Waals surface area contributed by atoms with Gasteiger partial charge in [-0.25, -0.2) is 4.98 Å². The van der Waals surface area contributed by atoms with Crippen molar-refractivity contribution in [1.82, 2.24) is 14.8 Å². The first-order valence-electron chi connectivity index (χ1n) is 8.99. The molecule has 0 radical (unpaired) electrons. The molecule has 6 nitrogen and oxygen atoms in total. The summed E-state index contributed by atoms with van der Waals surface area (Å²) in [7, 11) is 0. The third-order valence-corrected chi connectivity index (χ3v) is 5.15. The number of alkyl halides is 5. The highest BCUT2D eigenvalue weighted by molar-refractivity contribution is 8.00. The minimum Gasteiger partial charge on any atom is -0.434 e. The summed E-state index contributed by atoms with van der Waals surface area (Å²) in [6, 6.07) is 8.20. The second-order valence-electron chi connectivity index (χ2n) is 6.36. The Kier molecular flexibility index (Phi) is 6.98. The SMILES string of the molecule is O=C(c1ccccc1OC(F)F)N1CCN(C(=O)c2cccnc2SC(F)(F)F)CC1. The molecule has 1 aliphatic heterocycles. The van der Waals surface area contributed by atoms with Gasteiger partial charge in [0.15, 0.2) is 0 Å². The number of thioether (sulfide) groups is 1. The quantitative estimate of drug-likeness (QED) is 0.500. The summed E-state index contributed by atoms with van der Waals surface area (Å²) >= 11 is -0.470. The van der Waals surface area contributed by atoms with Gasteiger partial charge in [0.05, 0.1) is 11.1 Å². The number of aromatic nitrogens is 1. The molecular formula is C19H16F5N3O3S. The van der Waals surface area contributed by atoms with Gasteiger partial charge < -0.3 is 14.5 Å². The molecule has 0 saturated carbocycles. The number of benzene rings is 1. The molecule has 2 heterocycles. The van der Waals surface area contributed by atoms with Crippen LogP contribution in [0.3, 0.4) is 0 Å². The zero-order valence-electron chi connectivity index (χ0n) is 15.8.